The number of rotatable bonds is 0. The first-order valence-electron chi connectivity index (χ1n) is 3.09. The Kier molecular flexibility index (Phi) is 1.28. The molecular formula is C7H13N. The Hall–Kier alpha value is -0.460. The molecule has 8 heavy (non-hydrogen) atoms. The maximum absolute atomic E-state index is 2.26. The second-order valence-corrected chi connectivity index (χ2v) is 2.69. The molecule has 1 aliphatic heterocycles. The molecule has 1 heterocycles. The molecule has 0 N–H and O–H groups in total. The normalized spacial score (nSPS) is 28.6. The highest BCUT2D eigenvalue weighted by molar-refractivity contribution is 5.06. The molecule has 0 saturated carbocycles. The second-order valence-electron chi connectivity index (χ2n) is 2.69. The Morgan fingerprint density at radius 1 is 1.75 bits per heavy atom. The zero-order valence-electron chi connectivity index (χ0n) is 5.81. The molecular weight excluding hydrogens is 98.1 g/mol. The van der Waals surface area contributed by atoms with Gasteiger partial charge in [0.1, 0.15) is 0 Å². The van der Waals surface area contributed by atoms with Crippen LogP contribution in [0.15, 0.2) is 11.8 Å². The topological polar surface area (TPSA) is 3.24 Å². The Morgan fingerprint density at radius 3 is 2.50 bits per heavy atom. The largest absolute Gasteiger partial charge is 0.377 e. The highest BCUT2D eigenvalue weighted by Gasteiger charge is 2.12. The molecule has 0 spiro atoms. The molecule has 0 saturated heterocycles. The molecule has 1 rings (SSSR count). The van der Waals surface area contributed by atoms with Gasteiger partial charge in [0.2, 0.25) is 0 Å². The fourth-order valence-electron chi connectivity index (χ4n) is 1.14. The van der Waals surface area contributed by atoms with Gasteiger partial charge in [-0.1, -0.05) is 5.57 Å². The molecule has 0 aromatic rings. The molecule has 0 fully saturated rings. The van der Waals surface area contributed by atoms with Crippen molar-refractivity contribution >= 4 is 0 Å². The standard InChI is InChI=1S/C7H13N/c1-6-4-7(2)8(3)5-6/h5,7H,4H2,1-3H3. The summed E-state index contributed by atoms with van der Waals surface area (Å²) in [5, 5.41) is 0. The molecule has 1 nitrogen and oxygen atoms in total. The predicted octanol–water partition coefficient (Wildman–Crippen LogP) is 1.61. The first-order valence-corrected chi connectivity index (χ1v) is 3.09. The highest BCUT2D eigenvalue weighted by atomic mass is 15.1. The molecule has 1 aliphatic rings. The molecule has 0 amide bonds. The maximum Gasteiger partial charge on any atom is 0.0290 e. The van der Waals surface area contributed by atoms with E-state index in [9.17, 15) is 0 Å². The molecule has 1 heteroatoms. The SMILES string of the molecule is CC1=CN(C)C(C)C1. The average Bonchev–Trinajstić information content (AvgIpc) is 1.85. The summed E-state index contributed by atoms with van der Waals surface area (Å²) in [6.45, 7) is 4.42. The van der Waals surface area contributed by atoms with Gasteiger partial charge in [0.05, 0.1) is 0 Å². The smallest absolute Gasteiger partial charge is 0.0290 e. The van der Waals surface area contributed by atoms with E-state index in [1.54, 1.807) is 0 Å². The molecule has 46 valence electrons. The average molecular weight is 111 g/mol. The van der Waals surface area contributed by atoms with Crippen LogP contribution in [0.4, 0.5) is 0 Å². The van der Waals surface area contributed by atoms with Crippen molar-refractivity contribution in [3.8, 4) is 0 Å². The van der Waals surface area contributed by atoms with E-state index in [1.807, 2.05) is 0 Å². The predicted molar refractivity (Wildman–Crippen MR) is 35.6 cm³/mol. The van der Waals surface area contributed by atoms with Gasteiger partial charge in [0, 0.05) is 13.1 Å². The lowest BCUT2D eigenvalue weighted by Gasteiger charge is -2.14. The monoisotopic (exact) mass is 111 g/mol. The molecule has 1 unspecified atom stereocenters. The number of nitrogens with zero attached hydrogens (tertiary/aromatic N) is 1. The summed E-state index contributed by atoms with van der Waals surface area (Å²) < 4.78 is 0. The maximum atomic E-state index is 2.26. The summed E-state index contributed by atoms with van der Waals surface area (Å²) in [6, 6.07) is 0.731. The van der Waals surface area contributed by atoms with Crippen LogP contribution in [-0.2, 0) is 0 Å². The molecule has 0 aromatic heterocycles. The van der Waals surface area contributed by atoms with Crippen molar-refractivity contribution in [3.05, 3.63) is 11.8 Å². The van der Waals surface area contributed by atoms with E-state index in [0.717, 1.165) is 6.04 Å². The molecule has 0 bridgehead atoms. The number of hydrogen-bond donors (Lipinski definition) is 0. The third kappa shape index (κ3) is 0.857. The summed E-state index contributed by atoms with van der Waals surface area (Å²) >= 11 is 0. The van der Waals surface area contributed by atoms with Crippen LogP contribution in [0.25, 0.3) is 0 Å². The van der Waals surface area contributed by atoms with E-state index in [0.29, 0.717) is 0 Å². The van der Waals surface area contributed by atoms with E-state index < -0.39 is 0 Å². The fraction of sp³-hybridized carbons (Fsp3) is 0.714. The van der Waals surface area contributed by atoms with Gasteiger partial charge in [0.15, 0.2) is 0 Å². The lowest BCUT2D eigenvalue weighted by atomic mass is 10.2. The first-order chi connectivity index (χ1) is 3.70. The third-order valence-corrected chi connectivity index (χ3v) is 1.74. The summed E-state index contributed by atoms with van der Waals surface area (Å²) in [4.78, 5) is 2.26. The van der Waals surface area contributed by atoms with Crippen LogP contribution in [0.3, 0.4) is 0 Å². The fourth-order valence-corrected chi connectivity index (χ4v) is 1.14. The minimum Gasteiger partial charge on any atom is -0.377 e. The van der Waals surface area contributed by atoms with Gasteiger partial charge in [-0.05, 0) is 26.5 Å². The lowest BCUT2D eigenvalue weighted by Crippen LogP contribution is -2.17. The van der Waals surface area contributed by atoms with Crippen molar-refractivity contribution in [2.45, 2.75) is 26.3 Å². The van der Waals surface area contributed by atoms with Crippen molar-refractivity contribution in [2.24, 2.45) is 0 Å². The van der Waals surface area contributed by atoms with Crippen LogP contribution in [0.5, 0.6) is 0 Å². The summed E-state index contributed by atoms with van der Waals surface area (Å²) in [7, 11) is 2.13. The van der Waals surface area contributed by atoms with E-state index in [-0.39, 0.29) is 0 Å². The molecule has 0 aliphatic carbocycles. The second kappa shape index (κ2) is 1.81. The summed E-state index contributed by atoms with van der Waals surface area (Å²) in [6.07, 6.45) is 3.46. The lowest BCUT2D eigenvalue weighted by molar-refractivity contribution is 0.382. The third-order valence-electron chi connectivity index (χ3n) is 1.74. The van der Waals surface area contributed by atoms with Crippen LogP contribution < -0.4 is 0 Å². The van der Waals surface area contributed by atoms with E-state index in [4.69, 9.17) is 0 Å². The Bertz CT molecular complexity index is 116. The van der Waals surface area contributed by atoms with Gasteiger partial charge < -0.3 is 4.90 Å². The van der Waals surface area contributed by atoms with Crippen LogP contribution in [0.1, 0.15) is 20.3 Å². The number of hydrogen-bond acceptors (Lipinski definition) is 1. The van der Waals surface area contributed by atoms with Gasteiger partial charge in [-0.3, -0.25) is 0 Å². The minimum atomic E-state index is 0.731. The van der Waals surface area contributed by atoms with Crippen molar-refractivity contribution in [1.29, 1.82) is 0 Å². The first kappa shape index (κ1) is 5.67. The summed E-state index contributed by atoms with van der Waals surface area (Å²) in [5.41, 5.74) is 1.50. The molecule has 0 aromatic carbocycles. The highest BCUT2D eigenvalue weighted by Crippen LogP contribution is 2.17. The van der Waals surface area contributed by atoms with Crippen LogP contribution in [0, 0.1) is 0 Å². The van der Waals surface area contributed by atoms with Crippen molar-refractivity contribution < 1.29 is 0 Å². The van der Waals surface area contributed by atoms with Gasteiger partial charge in [-0.2, -0.15) is 0 Å². The quantitative estimate of drug-likeness (QED) is 0.459. The van der Waals surface area contributed by atoms with E-state index >= 15 is 0 Å². The van der Waals surface area contributed by atoms with Gasteiger partial charge in [-0.15, -0.1) is 0 Å². The zero-order chi connectivity index (χ0) is 6.15. The molecule has 1 atom stereocenters. The van der Waals surface area contributed by atoms with E-state index in [1.165, 1.54) is 12.0 Å². The van der Waals surface area contributed by atoms with Crippen LogP contribution in [-0.4, -0.2) is 18.0 Å². The van der Waals surface area contributed by atoms with E-state index in [2.05, 4.69) is 32.0 Å². The van der Waals surface area contributed by atoms with Gasteiger partial charge in [0.25, 0.3) is 0 Å². The van der Waals surface area contributed by atoms with Gasteiger partial charge >= 0.3 is 0 Å². The Balaban J connectivity index is 2.56. The molecule has 0 radical (unpaired) electrons. The summed E-state index contributed by atoms with van der Waals surface area (Å²) in [5.74, 6) is 0. The van der Waals surface area contributed by atoms with Crippen LogP contribution >= 0.6 is 0 Å². The van der Waals surface area contributed by atoms with Crippen molar-refractivity contribution in [1.82, 2.24) is 4.90 Å². The van der Waals surface area contributed by atoms with Crippen molar-refractivity contribution in [3.63, 3.8) is 0 Å². The van der Waals surface area contributed by atoms with Gasteiger partial charge in [-0.25, -0.2) is 0 Å². The minimum absolute atomic E-state index is 0.731. The Morgan fingerprint density at radius 2 is 2.38 bits per heavy atom. The van der Waals surface area contributed by atoms with Crippen molar-refractivity contribution in [2.75, 3.05) is 7.05 Å². The van der Waals surface area contributed by atoms with Crippen LogP contribution in [0.2, 0.25) is 0 Å². The zero-order valence-corrected chi connectivity index (χ0v) is 5.81. The Labute approximate surface area is 51.0 Å².